The van der Waals surface area contributed by atoms with Crippen LogP contribution >= 0.6 is 11.3 Å². The monoisotopic (exact) mass is 344 g/mol. The lowest BCUT2D eigenvalue weighted by atomic mass is 10.2. The van der Waals surface area contributed by atoms with Crippen LogP contribution in [0.5, 0.6) is 17.2 Å². The Balaban J connectivity index is 1.85. The average Bonchev–Trinajstić information content (AvgIpc) is 3.01. The highest BCUT2D eigenvalue weighted by molar-refractivity contribution is 7.22. The Bertz CT molecular complexity index is 833. The number of amides is 1. The van der Waals surface area contributed by atoms with Crippen LogP contribution in [0.4, 0.5) is 5.13 Å². The van der Waals surface area contributed by atoms with Crippen molar-refractivity contribution in [3.63, 3.8) is 0 Å². The predicted molar refractivity (Wildman–Crippen MR) is 93.7 cm³/mol. The van der Waals surface area contributed by atoms with Gasteiger partial charge in [0.1, 0.15) is 5.75 Å². The van der Waals surface area contributed by atoms with E-state index in [4.69, 9.17) is 14.2 Å². The summed E-state index contributed by atoms with van der Waals surface area (Å²) in [5, 5.41) is 3.32. The van der Waals surface area contributed by atoms with Crippen molar-refractivity contribution in [2.24, 2.45) is 0 Å². The third-order valence-electron chi connectivity index (χ3n) is 3.47. The molecule has 0 saturated carbocycles. The quantitative estimate of drug-likeness (QED) is 0.766. The summed E-state index contributed by atoms with van der Waals surface area (Å²) in [7, 11) is 4.73. The van der Waals surface area contributed by atoms with Gasteiger partial charge >= 0.3 is 0 Å². The maximum absolute atomic E-state index is 12.3. The summed E-state index contributed by atoms with van der Waals surface area (Å²) in [5.74, 6) is 1.70. The van der Waals surface area contributed by atoms with Crippen LogP contribution in [0.15, 0.2) is 36.4 Å². The van der Waals surface area contributed by atoms with E-state index in [1.54, 1.807) is 51.7 Å². The molecule has 0 aliphatic heterocycles. The van der Waals surface area contributed by atoms with Crippen molar-refractivity contribution in [3.05, 3.63) is 42.0 Å². The Morgan fingerprint density at radius 2 is 1.67 bits per heavy atom. The fraction of sp³-hybridized carbons (Fsp3) is 0.176. The number of hydrogen-bond acceptors (Lipinski definition) is 6. The molecule has 0 spiro atoms. The maximum atomic E-state index is 12.3. The van der Waals surface area contributed by atoms with Crippen molar-refractivity contribution < 1.29 is 19.0 Å². The van der Waals surface area contributed by atoms with Gasteiger partial charge in [-0.1, -0.05) is 11.3 Å². The number of anilines is 1. The van der Waals surface area contributed by atoms with Crippen molar-refractivity contribution in [2.45, 2.75) is 0 Å². The third kappa shape index (κ3) is 3.11. The number of fused-ring (bicyclic) bond motifs is 1. The number of nitrogens with one attached hydrogen (secondary N) is 1. The minimum Gasteiger partial charge on any atom is -0.497 e. The smallest absolute Gasteiger partial charge is 0.257 e. The summed E-state index contributed by atoms with van der Waals surface area (Å²) in [5.41, 5.74) is 1.27. The average molecular weight is 344 g/mol. The second-order valence-electron chi connectivity index (χ2n) is 4.88. The summed E-state index contributed by atoms with van der Waals surface area (Å²) in [4.78, 5) is 16.7. The molecule has 24 heavy (non-hydrogen) atoms. The molecule has 1 heterocycles. The zero-order valence-corrected chi connectivity index (χ0v) is 14.3. The van der Waals surface area contributed by atoms with Gasteiger partial charge in [0, 0.05) is 17.7 Å². The third-order valence-corrected chi connectivity index (χ3v) is 4.40. The minimum atomic E-state index is -0.226. The number of benzene rings is 2. The van der Waals surface area contributed by atoms with Crippen molar-refractivity contribution in [1.82, 2.24) is 4.98 Å². The normalized spacial score (nSPS) is 10.5. The Kier molecular flexibility index (Phi) is 4.52. The van der Waals surface area contributed by atoms with Gasteiger partial charge in [-0.25, -0.2) is 4.98 Å². The molecule has 0 saturated heterocycles. The molecule has 3 rings (SSSR count). The van der Waals surface area contributed by atoms with Crippen LogP contribution in [0.2, 0.25) is 0 Å². The number of thiazole rings is 1. The highest BCUT2D eigenvalue weighted by Crippen LogP contribution is 2.36. The van der Waals surface area contributed by atoms with E-state index in [1.165, 1.54) is 11.3 Å². The first-order valence-corrected chi connectivity index (χ1v) is 7.94. The first-order valence-electron chi connectivity index (χ1n) is 7.12. The zero-order chi connectivity index (χ0) is 17.1. The van der Waals surface area contributed by atoms with Gasteiger partial charge in [0.05, 0.1) is 31.5 Å². The molecule has 0 radical (unpaired) electrons. The molecule has 1 amide bonds. The number of aromatic nitrogens is 1. The number of carbonyl (C=O) groups excluding carboxylic acids is 1. The SMILES string of the molecule is COc1ccc(C(=O)Nc2nc3cc(OC)c(OC)cc3s2)cc1. The Morgan fingerprint density at radius 3 is 2.29 bits per heavy atom. The standard InChI is InChI=1S/C17H16N2O4S/c1-21-11-6-4-10(5-7-11)16(20)19-17-18-12-8-13(22-2)14(23-3)9-15(12)24-17/h4-9H,1-3H3,(H,18,19,20). The van der Waals surface area contributed by atoms with E-state index < -0.39 is 0 Å². The molecule has 1 N–H and O–H groups in total. The van der Waals surface area contributed by atoms with Crippen LogP contribution < -0.4 is 19.5 Å². The van der Waals surface area contributed by atoms with Crippen LogP contribution in [0.3, 0.4) is 0 Å². The fourth-order valence-electron chi connectivity index (χ4n) is 2.22. The molecule has 2 aromatic carbocycles. The van der Waals surface area contributed by atoms with E-state index in [0.717, 1.165) is 10.2 Å². The van der Waals surface area contributed by atoms with Gasteiger partial charge in [-0.05, 0) is 24.3 Å². The molecule has 0 bridgehead atoms. The molecule has 0 aliphatic rings. The van der Waals surface area contributed by atoms with Gasteiger partial charge in [0.25, 0.3) is 5.91 Å². The molecule has 0 aliphatic carbocycles. The van der Waals surface area contributed by atoms with Crippen LogP contribution in [-0.2, 0) is 0 Å². The van der Waals surface area contributed by atoms with Gasteiger partial charge < -0.3 is 14.2 Å². The number of nitrogens with zero attached hydrogens (tertiary/aromatic N) is 1. The second kappa shape index (κ2) is 6.76. The summed E-state index contributed by atoms with van der Waals surface area (Å²) in [6, 6.07) is 10.5. The molecular formula is C17H16N2O4S. The van der Waals surface area contributed by atoms with Crippen LogP contribution in [0, 0.1) is 0 Å². The second-order valence-corrected chi connectivity index (χ2v) is 5.91. The van der Waals surface area contributed by atoms with E-state index in [-0.39, 0.29) is 5.91 Å². The lowest BCUT2D eigenvalue weighted by Crippen LogP contribution is -2.11. The topological polar surface area (TPSA) is 69.7 Å². The van der Waals surface area contributed by atoms with Gasteiger partial charge in [0.15, 0.2) is 16.6 Å². The lowest BCUT2D eigenvalue weighted by Gasteiger charge is -2.05. The van der Waals surface area contributed by atoms with Crippen molar-refractivity contribution >= 4 is 32.6 Å². The molecule has 0 unspecified atom stereocenters. The summed E-state index contributed by atoms with van der Waals surface area (Å²) < 4.78 is 16.5. The number of hydrogen-bond donors (Lipinski definition) is 1. The van der Waals surface area contributed by atoms with E-state index >= 15 is 0 Å². The first kappa shape index (κ1) is 16.1. The lowest BCUT2D eigenvalue weighted by molar-refractivity contribution is 0.102. The largest absolute Gasteiger partial charge is 0.497 e. The number of ether oxygens (including phenoxy) is 3. The Morgan fingerprint density at radius 1 is 1.00 bits per heavy atom. The molecular weight excluding hydrogens is 328 g/mol. The molecule has 3 aromatic rings. The molecule has 0 atom stereocenters. The molecule has 7 heteroatoms. The van der Waals surface area contributed by atoms with Crippen molar-refractivity contribution in [2.75, 3.05) is 26.6 Å². The minimum absolute atomic E-state index is 0.226. The number of methoxy groups -OCH3 is 3. The highest BCUT2D eigenvalue weighted by Gasteiger charge is 2.13. The first-order chi connectivity index (χ1) is 11.6. The fourth-order valence-corrected chi connectivity index (χ4v) is 3.09. The van der Waals surface area contributed by atoms with Crippen molar-refractivity contribution in [1.29, 1.82) is 0 Å². The summed E-state index contributed by atoms with van der Waals surface area (Å²) >= 11 is 1.37. The molecule has 124 valence electrons. The molecule has 1 aromatic heterocycles. The highest BCUT2D eigenvalue weighted by atomic mass is 32.1. The number of carbonyl (C=O) groups is 1. The summed E-state index contributed by atoms with van der Waals surface area (Å²) in [6.07, 6.45) is 0. The Labute approximate surface area is 143 Å². The van der Waals surface area contributed by atoms with E-state index in [9.17, 15) is 4.79 Å². The van der Waals surface area contributed by atoms with Crippen molar-refractivity contribution in [3.8, 4) is 17.2 Å². The van der Waals surface area contributed by atoms with Gasteiger partial charge in [-0.3, -0.25) is 10.1 Å². The molecule has 0 fully saturated rings. The van der Waals surface area contributed by atoms with E-state index in [0.29, 0.717) is 27.9 Å². The van der Waals surface area contributed by atoms with Crippen LogP contribution in [0.1, 0.15) is 10.4 Å². The van der Waals surface area contributed by atoms with E-state index in [2.05, 4.69) is 10.3 Å². The maximum Gasteiger partial charge on any atom is 0.257 e. The summed E-state index contributed by atoms with van der Waals surface area (Å²) in [6.45, 7) is 0. The van der Waals surface area contributed by atoms with Gasteiger partial charge in [-0.2, -0.15) is 0 Å². The Hall–Kier alpha value is -2.80. The molecule has 6 nitrogen and oxygen atoms in total. The van der Waals surface area contributed by atoms with Crippen LogP contribution in [-0.4, -0.2) is 32.2 Å². The number of rotatable bonds is 5. The van der Waals surface area contributed by atoms with Gasteiger partial charge in [0.2, 0.25) is 0 Å². The van der Waals surface area contributed by atoms with Gasteiger partial charge in [-0.15, -0.1) is 0 Å². The van der Waals surface area contributed by atoms with E-state index in [1.807, 2.05) is 6.07 Å². The zero-order valence-electron chi connectivity index (χ0n) is 13.5. The van der Waals surface area contributed by atoms with Crippen LogP contribution in [0.25, 0.3) is 10.2 Å². The predicted octanol–water partition coefficient (Wildman–Crippen LogP) is 3.57.